The van der Waals surface area contributed by atoms with E-state index < -0.39 is 21.0 Å². The van der Waals surface area contributed by atoms with Crippen LogP contribution in [0.1, 0.15) is 20.3 Å². The molecule has 1 N–H and O–H groups in total. The molecule has 0 aromatic rings. The van der Waals surface area contributed by atoms with Crippen molar-refractivity contribution in [2.75, 3.05) is 11.5 Å². The maximum absolute atomic E-state index is 12.1. The van der Waals surface area contributed by atoms with Crippen LogP contribution < -0.4 is 0 Å². The van der Waals surface area contributed by atoms with Gasteiger partial charge in [0.1, 0.15) is 10.2 Å². The SMILES string of the molecule is C/C=C\[C@@H](O)[C@@]1(/C=C/C)SCCCS1=O. The van der Waals surface area contributed by atoms with E-state index in [1.807, 2.05) is 32.1 Å². The van der Waals surface area contributed by atoms with Crippen molar-refractivity contribution in [3.8, 4) is 0 Å². The molecule has 0 saturated carbocycles. The lowest BCUT2D eigenvalue weighted by Gasteiger charge is -2.35. The van der Waals surface area contributed by atoms with E-state index in [1.165, 1.54) is 0 Å². The first-order valence-corrected chi connectivity index (χ1v) is 7.45. The molecule has 0 aromatic heterocycles. The van der Waals surface area contributed by atoms with E-state index in [2.05, 4.69) is 0 Å². The van der Waals surface area contributed by atoms with Crippen LogP contribution in [0.4, 0.5) is 0 Å². The van der Waals surface area contributed by atoms with E-state index in [4.69, 9.17) is 0 Å². The fraction of sp³-hybridized carbons (Fsp3) is 0.636. The van der Waals surface area contributed by atoms with Crippen LogP contribution in [0.5, 0.6) is 0 Å². The van der Waals surface area contributed by atoms with E-state index in [-0.39, 0.29) is 0 Å². The van der Waals surface area contributed by atoms with Gasteiger partial charge in [0, 0.05) is 16.6 Å². The Bertz CT molecular complexity index is 286. The third kappa shape index (κ3) is 2.74. The minimum Gasteiger partial charge on any atom is -0.386 e. The largest absolute Gasteiger partial charge is 0.386 e. The highest BCUT2D eigenvalue weighted by molar-refractivity contribution is 8.13. The number of hydrogen-bond donors (Lipinski definition) is 1. The van der Waals surface area contributed by atoms with Crippen LogP contribution >= 0.6 is 11.8 Å². The molecule has 0 radical (unpaired) electrons. The van der Waals surface area contributed by atoms with E-state index >= 15 is 0 Å². The summed E-state index contributed by atoms with van der Waals surface area (Å²) in [6.07, 6.45) is 7.60. The van der Waals surface area contributed by atoms with Gasteiger partial charge in [-0.3, -0.25) is 4.21 Å². The first kappa shape index (κ1) is 13.0. The third-order valence-corrected chi connectivity index (χ3v) is 6.33. The highest BCUT2D eigenvalue weighted by Crippen LogP contribution is 2.39. The molecular formula is C11H18O2S2. The summed E-state index contributed by atoms with van der Waals surface area (Å²) in [4.78, 5) is 0. The Morgan fingerprint density at radius 1 is 1.47 bits per heavy atom. The van der Waals surface area contributed by atoms with Gasteiger partial charge in [0.2, 0.25) is 0 Å². The van der Waals surface area contributed by atoms with E-state index in [1.54, 1.807) is 17.8 Å². The summed E-state index contributed by atoms with van der Waals surface area (Å²) in [6.45, 7) is 3.76. The number of aliphatic hydroxyl groups excluding tert-OH is 1. The Kier molecular flexibility index (Phi) is 5.09. The fourth-order valence-electron chi connectivity index (χ4n) is 1.64. The number of allylic oxidation sites excluding steroid dienone is 2. The average Bonchev–Trinajstić information content (AvgIpc) is 2.22. The molecule has 15 heavy (non-hydrogen) atoms. The molecule has 1 saturated heterocycles. The van der Waals surface area contributed by atoms with Crippen molar-refractivity contribution in [1.82, 2.24) is 0 Å². The molecule has 2 nitrogen and oxygen atoms in total. The normalized spacial score (nSPS) is 35.0. The first-order chi connectivity index (χ1) is 7.17. The monoisotopic (exact) mass is 246 g/mol. The molecule has 0 aliphatic carbocycles. The van der Waals surface area contributed by atoms with Crippen molar-refractivity contribution in [1.29, 1.82) is 0 Å². The molecule has 1 aliphatic heterocycles. The van der Waals surface area contributed by atoms with Crippen molar-refractivity contribution in [3.05, 3.63) is 24.3 Å². The molecule has 86 valence electrons. The van der Waals surface area contributed by atoms with Crippen molar-refractivity contribution in [3.63, 3.8) is 0 Å². The molecule has 4 heteroatoms. The lowest BCUT2D eigenvalue weighted by atomic mass is 10.2. The standard InChI is InChI=1S/C11H18O2S2/c1-3-6-10(12)11(7-4-2)14-8-5-9-15(11)13/h3-4,6-7,10,12H,5,8-9H2,1-2H3/b6-3-,7-4+/t10-,11+,15?/m1/s1. The molecule has 1 unspecified atom stereocenters. The summed E-state index contributed by atoms with van der Waals surface area (Å²) in [7, 11) is -0.993. The molecule has 3 atom stereocenters. The Labute approximate surface area is 98.3 Å². The molecule has 0 amide bonds. The second-order valence-electron chi connectivity index (χ2n) is 3.44. The minimum atomic E-state index is -0.993. The second-order valence-corrected chi connectivity index (χ2v) is 6.85. The summed E-state index contributed by atoms with van der Waals surface area (Å²) in [6, 6.07) is 0. The van der Waals surface area contributed by atoms with Gasteiger partial charge in [-0.25, -0.2) is 0 Å². The average molecular weight is 246 g/mol. The molecule has 1 rings (SSSR count). The van der Waals surface area contributed by atoms with Gasteiger partial charge in [0.15, 0.2) is 0 Å². The highest BCUT2D eigenvalue weighted by Gasteiger charge is 2.42. The molecule has 0 spiro atoms. The van der Waals surface area contributed by atoms with Crippen molar-refractivity contribution < 1.29 is 9.32 Å². The van der Waals surface area contributed by atoms with Gasteiger partial charge in [0.05, 0.1) is 0 Å². The van der Waals surface area contributed by atoms with E-state index in [9.17, 15) is 9.32 Å². The summed E-state index contributed by atoms with van der Waals surface area (Å²) < 4.78 is 11.4. The Morgan fingerprint density at radius 2 is 2.20 bits per heavy atom. The third-order valence-electron chi connectivity index (χ3n) is 2.34. The maximum atomic E-state index is 12.1. The zero-order chi connectivity index (χ0) is 11.3. The quantitative estimate of drug-likeness (QED) is 0.775. The van der Waals surface area contributed by atoms with Gasteiger partial charge in [0.25, 0.3) is 0 Å². The van der Waals surface area contributed by atoms with E-state index in [0.717, 1.165) is 12.2 Å². The zero-order valence-electron chi connectivity index (χ0n) is 9.18. The van der Waals surface area contributed by atoms with Crippen LogP contribution in [0.2, 0.25) is 0 Å². The van der Waals surface area contributed by atoms with Crippen LogP contribution in [-0.4, -0.2) is 31.0 Å². The molecule has 1 aliphatic rings. The highest BCUT2D eigenvalue weighted by atomic mass is 32.2. The zero-order valence-corrected chi connectivity index (χ0v) is 10.8. The van der Waals surface area contributed by atoms with Gasteiger partial charge in [-0.15, -0.1) is 11.8 Å². The van der Waals surface area contributed by atoms with Gasteiger partial charge < -0.3 is 5.11 Å². The van der Waals surface area contributed by atoms with Crippen molar-refractivity contribution in [2.45, 2.75) is 30.5 Å². The summed E-state index contributed by atoms with van der Waals surface area (Å²) in [5.74, 6) is 1.65. The predicted molar refractivity (Wildman–Crippen MR) is 68.5 cm³/mol. The number of thioether (sulfide) groups is 1. The first-order valence-electron chi connectivity index (χ1n) is 5.14. The summed E-state index contributed by atoms with van der Waals surface area (Å²) in [5, 5.41) is 10.1. The van der Waals surface area contributed by atoms with Gasteiger partial charge >= 0.3 is 0 Å². The summed E-state index contributed by atoms with van der Waals surface area (Å²) in [5.41, 5.74) is 0. The van der Waals surface area contributed by atoms with Crippen LogP contribution in [0.25, 0.3) is 0 Å². The fourth-order valence-corrected chi connectivity index (χ4v) is 5.30. The molecule has 0 aromatic carbocycles. The lowest BCUT2D eigenvalue weighted by Crippen LogP contribution is -2.44. The molecule has 1 heterocycles. The van der Waals surface area contributed by atoms with Gasteiger partial charge in [-0.1, -0.05) is 24.3 Å². The second kappa shape index (κ2) is 5.87. The van der Waals surface area contributed by atoms with Crippen LogP contribution in [0.15, 0.2) is 24.3 Å². The van der Waals surface area contributed by atoms with E-state index in [0.29, 0.717) is 5.75 Å². The van der Waals surface area contributed by atoms with Gasteiger partial charge in [-0.05, 0) is 26.0 Å². The minimum absolute atomic E-state index is 0.625. The topological polar surface area (TPSA) is 37.3 Å². The molecular weight excluding hydrogens is 228 g/mol. The Morgan fingerprint density at radius 3 is 2.73 bits per heavy atom. The molecule has 0 bridgehead atoms. The smallest absolute Gasteiger partial charge is 0.138 e. The number of rotatable bonds is 3. The number of aliphatic hydroxyl groups is 1. The van der Waals surface area contributed by atoms with Crippen molar-refractivity contribution in [2.24, 2.45) is 0 Å². The van der Waals surface area contributed by atoms with Crippen LogP contribution in [0, 0.1) is 0 Å². The van der Waals surface area contributed by atoms with Crippen LogP contribution in [-0.2, 0) is 10.8 Å². The molecule has 1 fully saturated rings. The Balaban J connectivity index is 2.99. The maximum Gasteiger partial charge on any atom is 0.138 e. The van der Waals surface area contributed by atoms with Crippen LogP contribution in [0.3, 0.4) is 0 Å². The predicted octanol–water partition coefficient (Wildman–Crippen LogP) is 2.08. The van der Waals surface area contributed by atoms with Crippen molar-refractivity contribution >= 4 is 22.6 Å². The lowest BCUT2D eigenvalue weighted by molar-refractivity contribution is 0.220. The Hall–Kier alpha value is -0.0600. The number of hydrogen-bond acceptors (Lipinski definition) is 3. The summed E-state index contributed by atoms with van der Waals surface area (Å²) >= 11 is 1.60. The van der Waals surface area contributed by atoms with Gasteiger partial charge in [-0.2, -0.15) is 0 Å².